The van der Waals surface area contributed by atoms with Gasteiger partial charge in [0.15, 0.2) is 0 Å². The second-order valence-corrected chi connectivity index (χ2v) is 7.19. The quantitative estimate of drug-likeness (QED) is 0.891. The van der Waals surface area contributed by atoms with Crippen LogP contribution < -0.4 is 10.0 Å². The molecule has 1 aromatic carbocycles. The molecule has 6 heteroatoms. The van der Waals surface area contributed by atoms with Crippen molar-refractivity contribution in [3.05, 3.63) is 23.8 Å². The lowest BCUT2D eigenvalue weighted by Gasteiger charge is -2.19. The summed E-state index contributed by atoms with van der Waals surface area (Å²) in [5.74, 6) is 0.0440. The number of sulfonamides is 1. The maximum Gasteiger partial charge on any atom is 0.235 e. The zero-order chi connectivity index (χ0) is 14.0. The molecule has 1 fully saturated rings. The first-order valence-corrected chi connectivity index (χ1v) is 8.76. The molecular weight excluding hydrogens is 276 g/mol. The average molecular weight is 296 g/mol. The summed E-state index contributed by atoms with van der Waals surface area (Å²) in [6.07, 6.45) is 3.69. The lowest BCUT2D eigenvalue weighted by molar-refractivity contribution is 0.127. The van der Waals surface area contributed by atoms with Crippen molar-refractivity contribution in [1.82, 2.24) is 0 Å². The van der Waals surface area contributed by atoms with Gasteiger partial charge in [-0.2, -0.15) is 0 Å². The fourth-order valence-electron chi connectivity index (χ4n) is 2.78. The van der Waals surface area contributed by atoms with Gasteiger partial charge in [-0.15, -0.1) is 0 Å². The number of nitrogens with one attached hydrogen (secondary N) is 2. The minimum absolute atomic E-state index is 0.0440. The van der Waals surface area contributed by atoms with E-state index in [1.807, 2.05) is 18.2 Å². The summed E-state index contributed by atoms with van der Waals surface area (Å²) >= 11 is 0. The van der Waals surface area contributed by atoms with E-state index in [0.717, 1.165) is 37.9 Å². The molecule has 2 aliphatic heterocycles. The first kappa shape index (κ1) is 13.7. The summed E-state index contributed by atoms with van der Waals surface area (Å²) in [5, 5.41) is 3.31. The van der Waals surface area contributed by atoms with Gasteiger partial charge in [-0.3, -0.25) is 4.72 Å². The van der Waals surface area contributed by atoms with Gasteiger partial charge >= 0.3 is 0 Å². The number of benzene rings is 1. The molecule has 0 bridgehead atoms. The molecule has 1 atom stereocenters. The van der Waals surface area contributed by atoms with E-state index in [4.69, 9.17) is 4.74 Å². The highest BCUT2D eigenvalue weighted by Crippen LogP contribution is 2.26. The first-order valence-electron chi connectivity index (χ1n) is 7.11. The number of fused-ring (bicyclic) bond motifs is 1. The predicted octanol–water partition coefficient (Wildman–Crippen LogP) is 1.97. The van der Waals surface area contributed by atoms with E-state index in [1.54, 1.807) is 0 Å². The van der Waals surface area contributed by atoms with E-state index in [-0.39, 0.29) is 11.9 Å². The Kier molecular flexibility index (Phi) is 3.85. The summed E-state index contributed by atoms with van der Waals surface area (Å²) in [5.41, 5.74) is 2.93. The van der Waals surface area contributed by atoms with Gasteiger partial charge in [0.1, 0.15) is 0 Å². The Hall–Kier alpha value is -1.27. The van der Waals surface area contributed by atoms with Crippen molar-refractivity contribution in [2.75, 3.05) is 28.9 Å². The standard InChI is InChI=1S/C14H20N2O3S/c17-20(18,10-13-4-2-8-19-13)16-12-5-6-14-11(9-12)3-1-7-15-14/h5-6,9,13,15-16H,1-4,7-8,10H2. The molecule has 1 unspecified atom stereocenters. The van der Waals surface area contributed by atoms with Crippen LogP contribution in [0.3, 0.4) is 0 Å². The smallest absolute Gasteiger partial charge is 0.235 e. The van der Waals surface area contributed by atoms with Crippen LogP contribution in [0.1, 0.15) is 24.8 Å². The first-order chi connectivity index (χ1) is 9.62. The van der Waals surface area contributed by atoms with E-state index in [2.05, 4.69) is 10.0 Å². The molecule has 5 nitrogen and oxygen atoms in total. The van der Waals surface area contributed by atoms with Crippen LogP contribution in [0.4, 0.5) is 11.4 Å². The zero-order valence-electron chi connectivity index (χ0n) is 11.4. The number of anilines is 2. The van der Waals surface area contributed by atoms with E-state index in [0.29, 0.717) is 12.3 Å². The van der Waals surface area contributed by atoms with Crippen LogP contribution in [0.2, 0.25) is 0 Å². The fraction of sp³-hybridized carbons (Fsp3) is 0.571. The summed E-state index contributed by atoms with van der Waals surface area (Å²) in [6, 6.07) is 5.68. The molecule has 0 spiro atoms. The molecule has 2 N–H and O–H groups in total. The number of aryl methyl sites for hydroxylation is 1. The maximum absolute atomic E-state index is 12.1. The van der Waals surface area contributed by atoms with Gasteiger partial charge < -0.3 is 10.1 Å². The Morgan fingerprint density at radius 2 is 2.25 bits per heavy atom. The minimum Gasteiger partial charge on any atom is -0.385 e. The maximum atomic E-state index is 12.1. The van der Waals surface area contributed by atoms with Crippen LogP contribution in [-0.4, -0.2) is 33.4 Å². The monoisotopic (exact) mass is 296 g/mol. The highest BCUT2D eigenvalue weighted by atomic mass is 32.2. The Morgan fingerprint density at radius 3 is 3.05 bits per heavy atom. The largest absolute Gasteiger partial charge is 0.385 e. The zero-order valence-corrected chi connectivity index (χ0v) is 12.2. The third-order valence-electron chi connectivity index (χ3n) is 3.75. The van der Waals surface area contributed by atoms with Gasteiger partial charge in [-0.25, -0.2) is 8.42 Å². The van der Waals surface area contributed by atoms with E-state index < -0.39 is 10.0 Å². The Morgan fingerprint density at radius 1 is 1.35 bits per heavy atom. The molecule has 0 radical (unpaired) electrons. The van der Waals surface area contributed by atoms with Crippen molar-refractivity contribution >= 4 is 21.4 Å². The lowest BCUT2D eigenvalue weighted by atomic mass is 10.0. The van der Waals surface area contributed by atoms with Crippen LogP contribution >= 0.6 is 0 Å². The second kappa shape index (κ2) is 5.61. The summed E-state index contributed by atoms with van der Waals surface area (Å²) < 4.78 is 32.3. The van der Waals surface area contributed by atoms with E-state index in [9.17, 15) is 8.42 Å². The lowest BCUT2D eigenvalue weighted by Crippen LogP contribution is -2.25. The third-order valence-corrected chi connectivity index (χ3v) is 5.10. The third kappa shape index (κ3) is 3.24. The SMILES string of the molecule is O=S(=O)(CC1CCCO1)Nc1ccc2c(c1)CCCN2. The highest BCUT2D eigenvalue weighted by molar-refractivity contribution is 7.92. The van der Waals surface area contributed by atoms with Crippen LogP contribution in [0.15, 0.2) is 18.2 Å². The Balaban J connectivity index is 1.70. The van der Waals surface area contributed by atoms with Crippen LogP contribution in [0.5, 0.6) is 0 Å². The molecule has 2 aliphatic rings. The van der Waals surface area contributed by atoms with Gasteiger partial charge in [0, 0.05) is 24.5 Å². The van der Waals surface area contributed by atoms with Gasteiger partial charge in [-0.05, 0) is 49.4 Å². The van der Waals surface area contributed by atoms with E-state index in [1.165, 1.54) is 5.56 Å². The Bertz CT molecular complexity index is 580. The van der Waals surface area contributed by atoms with Gasteiger partial charge in [0.05, 0.1) is 11.9 Å². The Labute approximate surface area is 119 Å². The van der Waals surface area contributed by atoms with Gasteiger partial charge in [0.25, 0.3) is 0 Å². The number of hydrogen-bond acceptors (Lipinski definition) is 4. The van der Waals surface area contributed by atoms with Gasteiger partial charge in [-0.1, -0.05) is 0 Å². The summed E-state index contributed by atoms with van der Waals surface area (Å²) in [4.78, 5) is 0. The summed E-state index contributed by atoms with van der Waals surface area (Å²) in [7, 11) is -3.34. The fourth-order valence-corrected chi connectivity index (χ4v) is 4.10. The van der Waals surface area contributed by atoms with Crippen molar-refractivity contribution in [2.24, 2.45) is 0 Å². The number of rotatable bonds is 4. The molecule has 20 heavy (non-hydrogen) atoms. The van der Waals surface area contributed by atoms with Crippen molar-refractivity contribution in [3.8, 4) is 0 Å². The van der Waals surface area contributed by atoms with E-state index >= 15 is 0 Å². The molecule has 0 aromatic heterocycles. The molecule has 110 valence electrons. The number of hydrogen-bond donors (Lipinski definition) is 2. The van der Waals surface area contributed by atoms with Crippen LogP contribution in [-0.2, 0) is 21.2 Å². The van der Waals surface area contributed by atoms with Crippen molar-refractivity contribution in [1.29, 1.82) is 0 Å². The van der Waals surface area contributed by atoms with Gasteiger partial charge in [0.2, 0.25) is 10.0 Å². The normalized spacial score (nSPS) is 22.1. The average Bonchev–Trinajstić information content (AvgIpc) is 2.90. The minimum atomic E-state index is -3.34. The molecule has 1 aromatic rings. The van der Waals surface area contributed by atoms with Crippen molar-refractivity contribution in [2.45, 2.75) is 31.8 Å². The summed E-state index contributed by atoms with van der Waals surface area (Å²) in [6.45, 7) is 1.65. The molecular formula is C14H20N2O3S. The molecule has 3 rings (SSSR count). The molecule has 0 saturated carbocycles. The van der Waals surface area contributed by atoms with Crippen molar-refractivity contribution < 1.29 is 13.2 Å². The highest BCUT2D eigenvalue weighted by Gasteiger charge is 2.23. The van der Waals surface area contributed by atoms with Crippen molar-refractivity contribution in [3.63, 3.8) is 0 Å². The molecule has 0 aliphatic carbocycles. The molecule has 1 saturated heterocycles. The second-order valence-electron chi connectivity index (χ2n) is 5.42. The van der Waals surface area contributed by atoms with Crippen LogP contribution in [0, 0.1) is 0 Å². The van der Waals surface area contributed by atoms with Crippen LogP contribution in [0.25, 0.3) is 0 Å². The predicted molar refractivity (Wildman–Crippen MR) is 79.6 cm³/mol. The molecule has 2 heterocycles. The topological polar surface area (TPSA) is 67.4 Å². The number of ether oxygens (including phenoxy) is 1. The molecule has 0 amide bonds.